The number of aliphatic hydroxyl groups is 1. The number of nitrogens with zero attached hydrogens (tertiary/aromatic N) is 1. The average Bonchev–Trinajstić information content (AvgIpc) is 2.52. The van der Waals surface area contributed by atoms with E-state index in [9.17, 15) is 8.42 Å². The van der Waals surface area contributed by atoms with Crippen LogP contribution in [-0.2, 0) is 10.0 Å². The second-order valence-electron chi connectivity index (χ2n) is 2.75. The van der Waals surface area contributed by atoms with Gasteiger partial charge in [-0.05, 0) is 6.07 Å². The van der Waals surface area contributed by atoms with Gasteiger partial charge in [0, 0.05) is 24.7 Å². The van der Waals surface area contributed by atoms with Crippen LogP contribution in [0, 0.1) is 0 Å². The van der Waals surface area contributed by atoms with Crippen LogP contribution in [0.3, 0.4) is 0 Å². The van der Waals surface area contributed by atoms with Gasteiger partial charge in [-0.3, -0.25) is 0 Å². The van der Waals surface area contributed by atoms with Gasteiger partial charge in [0.05, 0.1) is 6.61 Å². The van der Waals surface area contributed by atoms with Gasteiger partial charge in [0.25, 0.3) is 10.0 Å². The van der Waals surface area contributed by atoms with E-state index in [1.807, 2.05) is 0 Å². The number of aliphatic hydroxyl groups excluding tert-OH is 1. The molecule has 0 fully saturated rings. The Morgan fingerprint density at radius 1 is 1.64 bits per heavy atom. The van der Waals surface area contributed by atoms with Crippen LogP contribution < -0.4 is 5.73 Å². The lowest BCUT2D eigenvalue weighted by Crippen LogP contribution is -2.29. The number of thiophene rings is 1. The van der Waals surface area contributed by atoms with Gasteiger partial charge < -0.3 is 10.8 Å². The van der Waals surface area contributed by atoms with E-state index in [4.69, 9.17) is 10.8 Å². The summed E-state index contributed by atoms with van der Waals surface area (Å²) in [6.45, 7) is -0.114. The summed E-state index contributed by atoms with van der Waals surface area (Å²) in [4.78, 5) is 0. The quantitative estimate of drug-likeness (QED) is 0.767. The Morgan fingerprint density at radius 3 is 2.71 bits per heavy atom. The lowest BCUT2D eigenvalue weighted by atomic mass is 10.6. The number of nitrogen functional groups attached to an aromatic ring is 1. The molecule has 14 heavy (non-hydrogen) atoms. The Kier molecular flexibility index (Phi) is 3.48. The van der Waals surface area contributed by atoms with Gasteiger partial charge in [0.2, 0.25) is 0 Å². The van der Waals surface area contributed by atoms with Crippen LogP contribution in [0.15, 0.2) is 15.7 Å². The smallest absolute Gasteiger partial charge is 0.252 e. The fourth-order valence-corrected chi connectivity index (χ4v) is 3.33. The molecule has 5 nitrogen and oxygen atoms in total. The summed E-state index contributed by atoms with van der Waals surface area (Å²) in [7, 11) is -2.05. The summed E-state index contributed by atoms with van der Waals surface area (Å²) in [5.41, 5.74) is 5.86. The minimum atomic E-state index is -3.47. The maximum absolute atomic E-state index is 11.7. The molecular weight excluding hydrogens is 224 g/mol. The van der Waals surface area contributed by atoms with E-state index < -0.39 is 10.0 Å². The Morgan fingerprint density at radius 2 is 2.29 bits per heavy atom. The van der Waals surface area contributed by atoms with Crippen molar-refractivity contribution in [2.24, 2.45) is 0 Å². The van der Waals surface area contributed by atoms with Gasteiger partial charge >= 0.3 is 0 Å². The van der Waals surface area contributed by atoms with Crippen molar-refractivity contribution in [3.8, 4) is 0 Å². The fraction of sp³-hybridized carbons (Fsp3) is 0.429. The van der Waals surface area contributed by atoms with Gasteiger partial charge in [0.15, 0.2) is 0 Å². The largest absolute Gasteiger partial charge is 0.398 e. The molecule has 80 valence electrons. The number of nitrogens with two attached hydrogens (primary N) is 1. The maximum Gasteiger partial charge on any atom is 0.252 e. The van der Waals surface area contributed by atoms with Crippen molar-refractivity contribution < 1.29 is 13.5 Å². The second-order valence-corrected chi connectivity index (χ2v) is 5.93. The highest BCUT2D eigenvalue weighted by Gasteiger charge is 2.21. The van der Waals surface area contributed by atoms with Gasteiger partial charge in [-0.2, -0.15) is 4.31 Å². The Bertz CT molecular complexity index is 399. The van der Waals surface area contributed by atoms with Crippen LogP contribution >= 0.6 is 11.3 Å². The molecule has 1 rings (SSSR count). The van der Waals surface area contributed by atoms with Crippen LogP contribution in [0.25, 0.3) is 0 Å². The summed E-state index contributed by atoms with van der Waals surface area (Å²) < 4.78 is 24.7. The molecule has 0 aliphatic carbocycles. The summed E-state index contributed by atoms with van der Waals surface area (Å²) in [5.74, 6) is 0. The molecule has 0 aliphatic heterocycles. The van der Waals surface area contributed by atoms with Gasteiger partial charge in [-0.25, -0.2) is 8.42 Å². The molecule has 0 spiro atoms. The standard InChI is InChI=1S/C7H12N2O3S2/c1-9(2-3-10)14(11,12)7-4-6(8)5-13-7/h4-5,10H,2-3,8H2,1H3. The van der Waals surface area contributed by atoms with Gasteiger partial charge in [-0.15, -0.1) is 11.3 Å². The minimum Gasteiger partial charge on any atom is -0.398 e. The van der Waals surface area contributed by atoms with Crippen LogP contribution in [-0.4, -0.2) is 38.0 Å². The van der Waals surface area contributed by atoms with E-state index in [-0.39, 0.29) is 17.4 Å². The van der Waals surface area contributed by atoms with E-state index in [2.05, 4.69) is 0 Å². The summed E-state index contributed by atoms with van der Waals surface area (Å²) in [5, 5.41) is 10.2. The topological polar surface area (TPSA) is 83.6 Å². The second kappa shape index (κ2) is 4.26. The summed E-state index contributed by atoms with van der Waals surface area (Å²) in [6.07, 6.45) is 0. The van der Waals surface area contributed by atoms with Crippen molar-refractivity contribution in [2.45, 2.75) is 4.21 Å². The zero-order valence-electron chi connectivity index (χ0n) is 7.67. The van der Waals surface area contributed by atoms with E-state index in [0.717, 1.165) is 15.6 Å². The third-order valence-corrected chi connectivity index (χ3v) is 4.97. The zero-order valence-corrected chi connectivity index (χ0v) is 9.31. The van der Waals surface area contributed by atoms with E-state index in [1.54, 1.807) is 5.38 Å². The first-order chi connectivity index (χ1) is 6.48. The maximum atomic E-state index is 11.7. The molecule has 0 bridgehead atoms. The van der Waals surface area contributed by atoms with E-state index in [1.165, 1.54) is 13.1 Å². The van der Waals surface area contributed by atoms with Crippen molar-refractivity contribution in [3.63, 3.8) is 0 Å². The van der Waals surface area contributed by atoms with Crippen LogP contribution in [0.5, 0.6) is 0 Å². The summed E-state index contributed by atoms with van der Waals surface area (Å²) >= 11 is 1.07. The Labute approximate surface area is 86.8 Å². The van der Waals surface area contributed by atoms with Crippen molar-refractivity contribution in [1.82, 2.24) is 4.31 Å². The molecule has 1 aromatic rings. The first-order valence-electron chi connectivity index (χ1n) is 3.89. The summed E-state index contributed by atoms with van der Waals surface area (Å²) in [6, 6.07) is 1.41. The Balaban J connectivity index is 2.96. The molecule has 7 heteroatoms. The highest BCUT2D eigenvalue weighted by molar-refractivity contribution is 7.91. The van der Waals surface area contributed by atoms with E-state index in [0.29, 0.717) is 5.69 Å². The third kappa shape index (κ3) is 2.24. The van der Waals surface area contributed by atoms with Crippen LogP contribution in [0.1, 0.15) is 0 Å². The molecular formula is C7H12N2O3S2. The van der Waals surface area contributed by atoms with Crippen molar-refractivity contribution in [3.05, 3.63) is 11.4 Å². The number of hydrogen-bond donors (Lipinski definition) is 2. The number of anilines is 1. The van der Waals surface area contributed by atoms with Gasteiger partial charge in [-0.1, -0.05) is 0 Å². The van der Waals surface area contributed by atoms with Crippen molar-refractivity contribution in [1.29, 1.82) is 0 Å². The first-order valence-corrected chi connectivity index (χ1v) is 6.21. The molecule has 0 unspecified atom stereocenters. The van der Waals surface area contributed by atoms with Gasteiger partial charge in [0.1, 0.15) is 4.21 Å². The average molecular weight is 236 g/mol. The number of likely N-dealkylation sites (N-methyl/N-ethyl adjacent to an activating group) is 1. The SMILES string of the molecule is CN(CCO)S(=O)(=O)c1cc(N)cs1. The highest BCUT2D eigenvalue weighted by Crippen LogP contribution is 2.23. The molecule has 0 radical (unpaired) electrons. The highest BCUT2D eigenvalue weighted by atomic mass is 32.2. The fourth-order valence-electron chi connectivity index (χ4n) is 0.880. The van der Waals surface area contributed by atoms with E-state index >= 15 is 0 Å². The zero-order chi connectivity index (χ0) is 10.8. The number of rotatable bonds is 4. The molecule has 1 aromatic heterocycles. The van der Waals surface area contributed by atoms with Crippen molar-refractivity contribution >= 4 is 27.0 Å². The molecule has 0 amide bonds. The molecule has 0 aromatic carbocycles. The third-order valence-electron chi connectivity index (χ3n) is 1.68. The molecule has 0 saturated carbocycles. The monoisotopic (exact) mass is 236 g/mol. The van der Waals surface area contributed by atoms with Crippen molar-refractivity contribution in [2.75, 3.05) is 25.9 Å². The normalized spacial score (nSPS) is 12.2. The Hall–Kier alpha value is -0.630. The molecule has 1 heterocycles. The lowest BCUT2D eigenvalue weighted by Gasteiger charge is -2.13. The van der Waals surface area contributed by atoms with Crippen LogP contribution in [0.4, 0.5) is 5.69 Å². The predicted octanol–water partition coefficient (Wildman–Crippen LogP) is -0.0569. The molecule has 0 saturated heterocycles. The first kappa shape index (κ1) is 11.4. The lowest BCUT2D eigenvalue weighted by molar-refractivity contribution is 0.266. The molecule has 0 atom stereocenters. The van der Waals surface area contributed by atoms with Crippen LogP contribution in [0.2, 0.25) is 0 Å². The molecule has 0 aliphatic rings. The number of hydrogen-bond acceptors (Lipinski definition) is 5. The minimum absolute atomic E-state index is 0.0835. The predicted molar refractivity (Wildman–Crippen MR) is 55.6 cm³/mol. The molecule has 3 N–H and O–H groups in total. The number of sulfonamides is 1.